The van der Waals surface area contributed by atoms with E-state index in [0.717, 1.165) is 35.3 Å². The van der Waals surface area contributed by atoms with Crippen molar-refractivity contribution >= 4 is 23.2 Å². The molecule has 0 aromatic heterocycles. The summed E-state index contributed by atoms with van der Waals surface area (Å²) in [5.74, 6) is -0.133. The summed E-state index contributed by atoms with van der Waals surface area (Å²) in [5.41, 5.74) is 3.88. The Morgan fingerprint density at radius 1 is 0.938 bits per heavy atom. The minimum Gasteiger partial charge on any atom is -0.377 e. The minimum absolute atomic E-state index is 0.0152. The Kier molecular flexibility index (Phi) is 9.30. The zero-order chi connectivity index (χ0) is 23.8. The fourth-order valence-electron chi connectivity index (χ4n) is 3.81. The normalized spacial score (nSPS) is 12.9. The maximum Gasteiger partial charge on any atom is 0.230 e. The largest absolute Gasteiger partial charge is 0.377 e. The number of anilines is 2. The zero-order valence-electron chi connectivity index (χ0n) is 20.7. The first-order chi connectivity index (χ1) is 15.2. The molecule has 0 bridgehead atoms. The first kappa shape index (κ1) is 25.4. The quantitative estimate of drug-likeness (QED) is 0.521. The molecule has 5 nitrogen and oxygen atoms in total. The van der Waals surface area contributed by atoms with E-state index in [9.17, 15) is 9.59 Å². The highest BCUT2D eigenvalue weighted by Gasteiger charge is 2.28. The Morgan fingerprint density at radius 2 is 1.59 bits per heavy atom. The molecule has 0 aliphatic rings. The van der Waals surface area contributed by atoms with Gasteiger partial charge in [-0.15, -0.1) is 0 Å². The molecule has 0 spiro atoms. The molecule has 1 N–H and O–H groups in total. The summed E-state index contributed by atoms with van der Waals surface area (Å²) in [6, 6.07) is 16.1. The highest BCUT2D eigenvalue weighted by molar-refractivity contribution is 5.92. The van der Waals surface area contributed by atoms with E-state index < -0.39 is 0 Å². The second kappa shape index (κ2) is 11.7. The van der Waals surface area contributed by atoms with Gasteiger partial charge in [-0.2, -0.15) is 0 Å². The van der Waals surface area contributed by atoms with Crippen molar-refractivity contribution in [2.75, 3.05) is 24.3 Å². The molecule has 0 heterocycles. The topological polar surface area (TPSA) is 52.7 Å². The Morgan fingerprint density at radius 3 is 2.12 bits per heavy atom. The average Bonchev–Trinajstić information content (AvgIpc) is 2.77. The smallest absolute Gasteiger partial charge is 0.230 e. The van der Waals surface area contributed by atoms with E-state index in [0.29, 0.717) is 6.54 Å². The van der Waals surface area contributed by atoms with E-state index in [1.807, 2.05) is 81.4 Å². The average molecular weight is 438 g/mol. The van der Waals surface area contributed by atoms with Crippen molar-refractivity contribution in [2.45, 2.75) is 66.0 Å². The number of benzene rings is 2. The van der Waals surface area contributed by atoms with Crippen LogP contribution in [0.1, 0.15) is 64.5 Å². The number of carbonyl (C=O) groups is 2. The van der Waals surface area contributed by atoms with Crippen molar-refractivity contribution < 1.29 is 9.59 Å². The summed E-state index contributed by atoms with van der Waals surface area (Å²) in [6.07, 6.45) is 1.62. The van der Waals surface area contributed by atoms with Crippen LogP contribution in [-0.4, -0.2) is 36.9 Å². The van der Waals surface area contributed by atoms with Crippen molar-refractivity contribution in [1.82, 2.24) is 4.90 Å². The Bertz CT molecular complexity index is 893. The molecule has 0 fully saturated rings. The second-order valence-electron chi connectivity index (χ2n) is 8.98. The van der Waals surface area contributed by atoms with E-state index in [1.54, 1.807) is 0 Å². The molecule has 2 aromatic rings. The summed E-state index contributed by atoms with van der Waals surface area (Å²) < 4.78 is 0. The molecule has 5 heteroatoms. The molecule has 2 atom stereocenters. The monoisotopic (exact) mass is 437 g/mol. The lowest BCUT2D eigenvalue weighted by molar-refractivity contribution is -0.135. The standard InChI is InChI=1S/C27H39N3O2/c1-8-20(5)30(27(32)24(9-2)21-13-11-10-12-14-21)18-22-17-23(28-26(31)19(3)4)15-16-25(22)29(6)7/h10-17,19-20,24H,8-9,18H2,1-7H3,(H,28,31)/t20-,24+/m1/s1. The fourth-order valence-corrected chi connectivity index (χ4v) is 3.81. The third-order valence-electron chi connectivity index (χ3n) is 6.01. The SMILES string of the molecule is CC[C@H](C(=O)N(Cc1cc(NC(=O)C(C)C)ccc1N(C)C)[C@H](C)CC)c1ccccc1. The lowest BCUT2D eigenvalue weighted by Gasteiger charge is -2.33. The number of nitrogens with zero attached hydrogens (tertiary/aromatic N) is 2. The molecule has 2 amide bonds. The van der Waals surface area contributed by atoms with Crippen molar-refractivity contribution in [3.05, 3.63) is 59.7 Å². The summed E-state index contributed by atoms with van der Waals surface area (Å²) in [5, 5.41) is 2.99. The van der Waals surface area contributed by atoms with Gasteiger partial charge in [-0.3, -0.25) is 9.59 Å². The third-order valence-corrected chi connectivity index (χ3v) is 6.01. The first-order valence-electron chi connectivity index (χ1n) is 11.7. The molecule has 32 heavy (non-hydrogen) atoms. The maximum atomic E-state index is 13.8. The van der Waals surface area contributed by atoms with Gasteiger partial charge in [0.1, 0.15) is 0 Å². The molecular weight excluding hydrogens is 398 g/mol. The van der Waals surface area contributed by atoms with Gasteiger partial charge in [0.2, 0.25) is 11.8 Å². The van der Waals surface area contributed by atoms with Crippen LogP contribution in [0.3, 0.4) is 0 Å². The number of hydrogen-bond acceptors (Lipinski definition) is 3. The van der Waals surface area contributed by atoms with Crippen LogP contribution < -0.4 is 10.2 Å². The zero-order valence-corrected chi connectivity index (χ0v) is 20.7. The van der Waals surface area contributed by atoms with Gasteiger partial charge in [0.25, 0.3) is 0 Å². The van der Waals surface area contributed by atoms with Gasteiger partial charge in [0.15, 0.2) is 0 Å². The molecule has 2 rings (SSSR count). The number of amides is 2. The lowest BCUT2D eigenvalue weighted by atomic mass is 9.94. The lowest BCUT2D eigenvalue weighted by Crippen LogP contribution is -2.41. The molecule has 0 radical (unpaired) electrons. The predicted octanol–water partition coefficient (Wildman–Crippen LogP) is 5.67. The van der Waals surface area contributed by atoms with Gasteiger partial charge in [0, 0.05) is 44.0 Å². The minimum atomic E-state index is -0.170. The Hall–Kier alpha value is -2.82. The molecule has 174 valence electrons. The van der Waals surface area contributed by atoms with E-state index in [1.165, 1.54) is 0 Å². The van der Waals surface area contributed by atoms with Crippen LogP contribution in [0.15, 0.2) is 48.5 Å². The highest BCUT2D eigenvalue weighted by Crippen LogP contribution is 2.29. The van der Waals surface area contributed by atoms with Gasteiger partial charge in [-0.1, -0.05) is 58.0 Å². The Balaban J connectivity index is 2.42. The summed E-state index contributed by atoms with van der Waals surface area (Å²) >= 11 is 0. The summed E-state index contributed by atoms with van der Waals surface area (Å²) in [7, 11) is 4.00. The van der Waals surface area contributed by atoms with Crippen molar-refractivity contribution in [3.8, 4) is 0 Å². The Labute approximate surface area is 193 Å². The molecular formula is C27H39N3O2. The van der Waals surface area contributed by atoms with E-state index in [4.69, 9.17) is 0 Å². The summed E-state index contributed by atoms with van der Waals surface area (Å²) in [6.45, 7) is 10.5. The van der Waals surface area contributed by atoms with Crippen molar-refractivity contribution in [1.29, 1.82) is 0 Å². The molecule has 2 aromatic carbocycles. The van der Waals surface area contributed by atoms with E-state index in [2.05, 4.69) is 31.0 Å². The molecule has 0 saturated carbocycles. The van der Waals surface area contributed by atoms with Crippen LogP contribution in [0.4, 0.5) is 11.4 Å². The molecule has 0 aliphatic carbocycles. The van der Waals surface area contributed by atoms with E-state index in [-0.39, 0.29) is 29.7 Å². The number of hydrogen-bond donors (Lipinski definition) is 1. The number of rotatable bonds is 10. The van der Waals surface area contributed by atoms with Gasteiger partial charge >= 0.3 is 0 Å². The van der Waals surface area contributed by atoms with E-state index >= 15 is 0 Å². The van der Waals surface area contributed by atoms with Crippen molar-refractivity contribution in [3.63, 3.8) is 0 Å². The third kappa shape index (κ3) is 6.35. The van der Waals surface area contributed by atoms with Gasteiger partial charge in [-0.05, 0) is 49.1 Å². The van der Waals surface area contributed by atoms with Crippen LogP contribution in [0.5, 0.6) is 0 Å². The van der Waals surface area contributed by atoms with Crippen LogP contribution >= 0.6 is 0 Å². The molecule has 0 aliphatic heterocycles. The van der Waals surface area contributed by atoms with Crippen LogP contribution in [-0.2, 0) is 16.1 Å². The first-order valence-corrected chi connectivity index (χ1v) is 11.7. The van der Waals surface area contributed by atoms with Gasteiger partial charge in [-0.25, -0.2) is 0 Å². The molecule has 0 saturated heterocycles. The summed E-state index contributed by atoms with van der Waals surface area (Å²) in [4.78, 5) is 30.0. The van der Waals surface area contributed by atoms with Crippen molar-refractivity contribution in [2.24, 2.45) is 5.92 Å². The number of carbonyl (C=O) groups excluding carboxylic acids is 2. The van der Waals surface area contributed by atoms with Gasteiger partial charge < -0.3 is 15.1 Å². The van der Waals surface area contributed by atoms with Crippen LogP contribution in [0.25, 0.3) is 0 Å². The number of nitrogens with one attached hydrogen (secondary N) is 1. The highest BCUT2D eigenvalue weighted by atomic mass is 16.2. The maximum absolute atomic E-state index is 13.8. The molecule has 0 unspecified atom stereocenters. The fraction of sp³-hybridized carbons (Fsp3) is 0.481. The second-order valence-corrected chi connectivity index (χ2v) is 8.98. The van der Waals surface area contributed by atoms with Crippen LogP contribution in [0, 0.1) is 5.92 Å². The van der Waals surface area contributed by atoms with Gasteiger partial charge in [0.05, 0.1) is 5.92 Å². The van der Waals surface area contributed by atoms with Crippen LogP contribution in [0.2, 0.25) is 0 Å². The predicted molar refractivity (Wildman–Crippen MR) is 134 cm³/mol.